The Labute approximate surface area is 97.3 Å². The van der Waals surface area contributed by atoms with Gasteiger partial charge in [0.1, 0.15) is 16.5 Å². The minimum absolute atomic E-state index is 0.491. The first-order valence-electron chi connectivity index (χ1n) is 4.43. The Morgan fingerprint density at radius 3 is 2.73 bits per heavy atom. The molecule has 0 spiro atoms. The number of halogens is 1. The van der Waals surface area contributed by atoms with Gasteiger partial charge in [-0.15, -0.1) is 11.8 Å². The Kier molecular flexibility index (Phi) is 2.98. The zero-order valence-electron chi connectivity index (χ0n) is 8.41. The maximum Gasteiger partial charge on any atom is 0.129 e. The minimum atomic E-state index is 0.491. The van der Waals surface area contributed by atoms with E-state index in [0.717, 1.165) is 21.8 Å². The van der Waals surface area contributed by atoms with Crippen molar-refractivity contribution < 1.29 is 0 Å². The molecule has 0 fully saturated rings. The summed E-state index contributed by atoms with van der Waals surface area (Å²) in [6.45, 7) is 1.99. The highest BCUT2D eigenvalue weighted by Crippen LogP contribution is 2.30. The molecular weight excluding hydrogens is 230 g/mol. The van der Waals surface area contributed by atoms with Gasteiger partial charge in [-0.1, -0.05) is 11.6 Å². The first-order chi connectivity index (χ1) is 7.22. The summed E-state index contributed by atoms with van der Waals surface area (Å²) in [5, 5.41) is 7.49. The second-order valence-electron chi connectivity index (χ2n) is 3.10. The summed E-state index contributed by atoms with van der Waals surface area (Å²) in [5.41, 5.74) is 2.77. The number of rotatable bonds is 2. The van der Waals surface area contributed by atoms with Gasteiger partial charge in [0.05, 0.1) is 0 Å². The zero-order valence-corrected chi connectivity index (χ0v) is 9.99. The summed E-state index contributed by atoms with van der Waals surface area (Å²) in [4.78, 5) is 5.39. The van der Waals surface area contributed by atoms with Gasteiger partial charge < -0.3 is 0 Å². The highest BCUT2D eigenvalue weighted by molar-refractivity contribution is 7.98. The second kappa shape index (κ2) is 4.24. The van der Waals surface area contributed by atoms with Crippen LogP contribution in [0.1, 0.15) is 5.56 Å². The Morgan fingerprint density at radius 1 is 1.33 bits per heavy atom. The fourth-order valence-corrected chi connectivity index (χ4v) is 2.03. The van der Waals surface area contributed by atoms with Gasteiger partial charge >= 0.3 is 0 Å². The fourth-order valence-electron chi connectivity index (χ4n) is 1.35. The molecule has 0 unspecified atom stereocenters. The molecule has 2 heterocycles. The Morgan fingerprint density at radius 2 is 2.13 bits per heavy atom. The molecule has 0 saturated heterocycles. The van der Waals surface area contributed by atoms with E-state index < -0.39 is 0 Å². The maximum absolute atomic E-state index is 5.88. The van der Waals surface area contributed by atoms with E-state index in [1.165, 1.54) is 0 Å². The quantitative estimate of drug-likeness (QED) is 0.647. The van der Waals surface area contributed by atoms with Crippen molar-refractivity contribution >= 4 is 23.4 Å². The minimum Gasteiger partial charge on any atom is -0.285 e. The predicted octanol–water partition coefficient (Wildman–Crippen LogP) is 3.16. The molecule has 2 aromatic rings. The summed E-state index contributed by atoms with van der Waals surface area (Å²) in [6, 6.07) is 3.75. The molecule has 0 aliphatic carbocycles. The van der Waals surface area contributed by atoms with Crippen molar-refractivity contribution in [2.75, 3.05) is 6.26 Å². The predicted molar refractivity (Wildman–Crippen MR) is 63.3 cm³/mol. The number of H-pyrrole nitrogens is 1. The number of hydrogen-bond donors (Lipinski definition) is 1. The van der Waals surface area contributed by atoms with E-state index >= 15 is 0 Å². The lowest BCUT2D eigenvalue weighted by atomic mass is 10.2. The van der Waals surface area contributed by atoms with Gasteiger partial charge in [-0.25, -0.2) is 4.98 Å². The number of hydrogen-bond acceptors (Lipinski definition) is 3. The van der Waals surface area contributed by atoms with Gasteiger partial charge in [0.2, 0.25) is 0 Å². The van der Waals surface area contributed by atoms with Crippen molar-refractivity contribution in [2.24, 2.45) is 0 Å². The monoisotopic (exact) mass is 239 g/mol. The van der Waals surface area contributed by atoms with E-state index in [4.69, 9.17) is 11.6 Å². The van der Waals surface area contributed by atoms with Gasteiger partial charge in [-0.3, -0.25) is 5.10 Å². The topological polar surface area (TPSA) is 41.6 Å². The normalized spacial score (nSPS) is 10.6. The van der Waals surface area contributed by atoms with Crippen molar-refractivity contribution in [3.05, 3.63) is 29.0 Å². The van der Waals surface area contributed by atoms with Gasteiger partial charge in [0.15, 0.2) is 0 Å². The third-order valence-corrected chi connectivity index (χ3v) is 3.08. The molecule has 0 bridgehead atoms. The van der Waals surface area contributed by atoms with Crippen LogP contribution in [0.4, 0.5) is 0 Å². The molecule has 0 saturated carbocycles. The van der Waals surface area contributed by atoms with E-state index in [9.17, 15) is 0 Å². The van der Waals surface area contributed by atoms with Crippen molar-refractivity contribution in [3.63, 3.8) is 0 Å². The summed E-state index contributed by atoms with van der Waals surface area (Å²) in [7, 11) is 0. The van der Waals surface area contributed by atoms with Crippen molar-refractivity contribution in [2.45, 2.75) is 11.8 Å². The summed E-state index contributed by atoms with van der Waals surface area (Å²) in [5.74, 6) is 0. The molecule has 0 aromatic carbocycles. The van der Waals surface area contributed by atoms with Crippen LogP contribution in [0.2, 0.25) is 5.15 Å². The summed E-state index contributed by atoms with van der Waals surface area (Å²) >= 11 is 7.52. The number of aromatic amines is 1. The molecule has 0 aliphatic heterocycles. The third-order valence-electron chi connectivity index (χ3n) is 2.10. The first kappa shape index (κ1) is 10.5. The molecule has 78 valence electrons. The average molecular weight is 240 g/mol. The van der Waals surface area contributed by atoms with Crippen molar-refractivity contribution in [1.82, 2.24) is 15.2 Å². The van der Waals surface area contributed by atoms with E-state index in [1.807, 2.05) is 25.4 Å². The van der Waals surface area contributed by atoms with Crippen LogP contribution in [0, 0.1) is 6.92 Å². The molecule has 0 atom stereocenters. The molecule has 0 aliphatic rings. The van der Waals surface area contributed by atoms with E-state index in [1.54, 1.807) is 17.8 Å². The van der Waals surface area contributed by atoms with E-state index in [2.05, 4.69) is 15.2 Å². The molecule has 0 amide bonds. The van der Waals surface area contributed by atoms with Crippen LogP contribution in [0.25, 0.3) is 11.4 Å². The van der Waals surface area contributed by atoms with Gasteiger partial charge in [-0.2, -0.15) is 5.10 Å². The van der Waals surface area contributed by atoms with Gasteiger partial charge in [-0.05, 0) is 30.9 Å². The van der Waals surface area contributed by atoms with Crippen molar-refractivity contribution in [3.8, 4) is 11.4 Å². The highest BCUT2D eigenvalue weighted by Gasteiger charge is 2.11. The van der Waals surface area contributed by atoms with Crippen LogP contribution < -0.4 is 0 Å². The number of nitrogens with zero attached hydrogens (tertiary/aromatic N) is 2. The smallest absolute Gasteiger partial charge is 0.129 e. The fraction of sp³-hybridized carbons (Fsp3) is 0.200. The molecule has 2 rings (SSSR count). The van der Waals surface area contributed by atoms with E-state index in [0.29, 0.717) is 5.15 Å². The number of aryl methyl sites for hydroxylation is 1. The van der Waals surface area contributed by atoms with E-state index in [-0.39, 0.29) is 0 Å². The number of thioether (sulfide) groups is 1. The van der Waals surface area contributed by atoms with Crippen LogP contribution in [0.15, 0.2) is 23.2 Å². The molecule has 3 nitrogen and oxygen atoms in total. The Hall–Kier alpha value is -1.00. The maximum atomic E-state index is 5.88. The van der Waals surface area contributed by atoms with Crippen LogP contribution >= 0.6 is 23.4 Å². The average Bonchev–Trinajstić information content (AvgIpc) is 2.64. The SMILES string of the molecule is CSc1ccc(Cl)nc1-c1n[nH]cc1C. The third kappa shape index (κ3) is 2.01. The summed E-state index contributed by atoms with van der Waals surface area (Å²) < 4.78 is 0. The molecule has 2 aromatic heterocycles. The van der Waals surface area contributed by atoms with Crippen LogP contribution in [0.5, 0.6) is 0 Å². The largest absolute Gasteiger partial charge is 0.285 e. The van der Waals surface area contributed by atoms with Gasteiger partial charge in [0, 0.05) is 11.1 Å². The molecule has 1 N–H and O–H groups in total. The Balaban J connectivity index is 2.60. The van der Waals surface area contributed by atoms with Crippen LogP contribution in [-0.4, -0.2) is 21.4 Å². The molecule has 15 heavy (non-hydrogen) atoms. The number of pyridine rings is 1. The van der Waals surface area contributed by atoms with Gasteiger partial charge in [0.25, 0.3) is 0 Å². The summed E-state index contributed by atoms with van der Waals surface area (Å²) in [6.07, 6.45) is 3.86. The lowest BCUT2D eigenvalue weighted by molar-refractivity contribution is 1.08. The van der Waals surface area contributed by atoms with Crippen LogP contribution in [0.3, 0.4) is 0 Å². The molecule has 0 radical (unpaired) electrons. The zero-order chi connectivity index (χ0) is 10.8. The highest BCUT2D eigenvalue weighted by atomic mass is 35.5. The standard InChI is InChI=1S/C10H10ClN3S/c1-6-5-12-14-9(6)10-7(15-2)3-4-8(11)13-10/h3-5H,1-2H3,(H,12,14). The Bertz CT molecular complexity index is 481. The lowest BCUT2D eigenvalue weighted by Crippen LogP contribution is -1.90. The lowest BCUT2D eigenvalue weighted by Gasteiger charge is -2.04. The number of aromatic nitrogens is 3. The number of nitrogens with one attached hydrogen (secondary N) is 1. The first-order valence-corrected chi connectivity index (χ1v) is 6.04. The van der Waals surface area contributed by atoms with Crippen LogP contribution in [-0.2, 0) is 0 Å². The molecular formula is C10H10ClN3S. The van der Waals surface area contributed by atoms with Crippen molar-refractivity contribution in [1.29, 1.82) is 0 Å². The second-order valence-corrected chi connectivity index (χ2v) is 4.34. The molecule has 5 heteroatoms.